The van der Waals surface area contributed by atoms with E-state index in [0.717, 1.165) is 50.2 Å². The third-order valence-corrected chi connectivity index (χ3v) is 4.57. The molecule has 0 radical (unpaired) electrons. The lowest BCUT2D eigenvalue weighted by Crippen LogP contribution is -1.97. The van der Waals surface area contributed by atoms with Crippen LogP contribution in [0.3, 0.4) is 0 Å². The third-order valence-electron chi connectivity index (χ3n) is 4.57. The van der Waals surface area contributed by atoms with Gasteiger partial charge in [-0.2, -0.15) is 0 Å². The predicted molar refractivity (Wildman–Crippen MR) is 108 cm³/mol. The van der Waals surface area contributed by atoms with Crippen molar-refractivity contribution < 1.29 is 14.6 Å². The van der Waals surface area contributed by atoms with Crippen molar-refractivity contribution in [2.45, 2.75) is 6.61 Å². The number of anilines is 2. The van der Waals surface area contributed by atoms with Gasteiger partial charge in [0.25, 0.3) is 0 Å². The second-order valence-electron chi connectivity index (χ2n) is 6.24. The van der Waals surface area contributed by atoms with Gasteiger partial charge in [-0.3, -0.25) is 0 Å². The van der Waals surface area contributed by atoms with E-state index in [4.69, 9.17) is 14.5 Å². The molecule has 4 rings (SSSR count). The number of pyridine rings is 1. The minimum atomic E-state index is -0.00495. The van der Waals surface area contributed by atoms with E-state index >= 15 is 0 Å². The summed E-state index contributed by atoms with van der Waals surface area (Å²) in [5.41, 5.74) is 4.39. The van der Waals surface area contributed by atoms with E-state index in [-0.39, 0.29) is 6.61 Å². The molecule has 1 heterocycles. The molecule has 0 spiro atoms. The number of aromatic nitrogens is 1. The van der Waals surface area contributed by atoms with Crippen LogP contribution in [0, 0.1) is 0 Å². The van der Waals surface area contributed by atoms with Crippen molar-refractivity contribution in [2.24, 2.45) is 0 Å². The molecule has 136 valence electrons. The number of nitrogens with one attached hydrogen (secondary N) is 1. The Labute approximate surface area is 157 Å². The summed E-state index contributed by atoms with van der Waals surface area (Å²) in [4.78, 5) is 4.77. The van der Waals surface area contributed by atoms with E-state index in [0.29, 0.717) is 0 Å². The number of aliphatic hydroxyl groups is 1. The van der Waals surface area contributed by atoms with Crippen LogP contribution in [0.5, 0.6) is 11.5 Å². The van der Waals surface area contributed by atoms with E-state index in [1.165, 1.54) is 0 Å². The molecule has 3 aromatic carbocycles. The van der Waals surface area contributed by atoms with Crippen molar-refractivity contribution in [2.75, 3.05) is 19.5 Å². The lowest BCUT2D eigenvalue weighted by molar-refractivity contribution is 0.282. The molecule has 27 heavy (non-hydrogen) atoms. The lowest BCUT2D eigenvalue weighted by atomic mass is 10.1. The Morgan fingerprint density at radius 3 is 2.04 bits per heavy atom. The molecule has 2 N–H and O–H groups in total. The third kappa shape index (κ3) is 3.25. The number of methoxy groups -OCH3 is 2. The van der Waals surface area contributed by atoms with E-state index < -0.39 is 0 Å². The second-order valence-corrected chi connectivity index (χ2v) is 6.24. The maximum absolute atomic E-state index is 9.44. The van der Waals surface area contributed by atoms with Crippen LogP contribution in [0.15, 0.2) is 60.7 Å². The van der Waals surface area contributed by atoms with Crippen LogP contribution in [0.4, 0.5) is 11.4 Å². The quantitative estimate of drug-likeness (QED) is 0.508. The molecule has 0 fully saturated rings. The van der Waals surface area contributed by atoms with Gasteiger partial charge >= 0.3 is 0 Å². The number of aliphatic hydroxyl groups excluding tert-OH is 1. The fourth-order valence-corrected chi connectivity index (χ4v) is 3.18. The van der Waals surface area contributed by atoms with Crippen LogP contribution in [0.2, 0.25) is 0 Å². The molecule has 0 unspecified atom stereocenters. The second kappa shape index (κ2) is 7.13. The van der Waals surface area contributed by atoms with Crippen molar-refractivity contribution in [3.8, 4) is 11.5 Å². The molecule has 1 aromatic heterocycles. The Morgan fingerprint density at radius 2 is 1.48 bits per heavy atom. The molecule has 0 saturated carbocycles. The average Bonchev–Trinajstić information content (AvgIpc) is 2.73. The van der Waals surface area contributed by atoms with Crippen LogP contribution < -0.4 is 14.8 Å². The van der Waals surface area contributed by atoms with Gasteiger partial charge in [0.2, 0.25) is 0 Å². The fraction of sp³-hybridized carbons (Fsp3) is 0.136. The molecule has 0 atom stereocenters. The van der Waals surface area contributed by atoms with Gasteiger partial charge in [-0.15, -0.1) is 0 Å². The van der Waals surface area contributed by atoms with Crippen LogP contribution in [0.1, 0.15) is 5.56 Å². The normalized spacial score (nSPS) is 10.9. The number of benzene rings is 3. The maximum atomic E-state index is 9.44. The zero-order valence-corrected chi connectivity index (χ0v) is 15.2. The number of ether oxygens (including phenoxy) is 2. The van der Waals surface area contributed by atoms with Gasteiger partial charge in [-0.05, 0) is 54.1 Å². The fourth-order valence-electron chi connectivity index (χ4n) is 3.18. The Bertz CT molecular complexity index is 1060. The molecule has 0 aliphatic heterocycles. The molecular formula is C22H20N2O3. The van der Waals surface area contributed by atoms with Crippen molar-refractivity contribution >= 4 is 33.2 Å². The summed E-state index contributed by atoms with van der Waals surface area (Å²) < 4.78 is 10.8. The van der Waals surface area contributed by atoms with Gasteiger partial charge in [0, 0.05) is 16.5 Å². The van der Waals surface area contributed by atoms with Gasteiger partial charge in [0.15, 0.2) is 0 Å². The minimum Gasteiger partial charge on any atom is -0.497 e. The van der Waals surface area contributed by atoms with Gasteiger partial charge in [-0.1, -0.05) is 12.1 Å². The van der Waals surface area contributed by atoms with Crippen molar-refractivity contribution in [1.82, 2.24) is 4.98 Å². The molecule has 0 bridgehead atoms. The first-order valence-electron chi connectivity index (χ1n) is 8.64. The Kier molecular flexibility index (Phi) is 4.52. The van der Waals surface area contributed by atoms with E-state index in [9.17, 15) is 5.11 Å². The summed E-state index contributed by atoms with van der Waals surface area (Å²) in [5.74, 6) is 1.53. The summed E-state index contributed by atoms with van der Waals surface area (Å²) in [7, 11) is 3.30. The van der Waals surface area contributed by atoms with Crippen molar-refractivity contribution in [3.63, 3.8) is 0 Å². The minimum absolute atomic E-state index is 0.00495. The zero-order chi connectivity index (χ0) is 18.8. The summed E-state index contributed by atoms with van der Waals surface area (Å²) in [6, 6.07) is 19.4. The molecule has 0 aliphatic rings. The standard InChI is InChI=1S/C22H20N2O3/c1-26-16-6-8-20-18(11-16)22(23-15-5-3-4-14(10-15)13-25)19-12-17(27-2)7-9-21(19)24-20/h3-12,25H,13H2,1-2H3,(H,23,24). The van der Waals surface area contributed by atoms with Crippen LogP contribution in [0.25, 0.3) is 21.8 Å². The number of hydrogen-bond donors (Lipinski definition) is 2. The highest BCUT2D eigenvalue weighted by Gasteiger charge is 2.12. The summed E-state index contributed by atoms with van der Waals surface area (Å²) in [6.45, 7) is -0.00495. The predicted octanol–water partition coefficient (Wildman–Crippen LogP) is 4.64. The van der Waals surface area contributed by atoms with Gasteiger partial charge < -0.3 is 19.9 Å². The first kappa shape index (κ1) is 17.1. The van der Waals surface area contributed by atoms with Crippen molar-refractivity contribution in [1.29, 1.82) is 0 Å². The Morgan fingerprint density at radius 1 is 0.852 bits per heavy atom. The lowest BCUT2D eigenvalue weighted by Gasteiger charge is -2.15. The number of rotatable bonds is 5. The molecule has 4 aromatic rings. The highest BCUT2D eigenvalue weighted by atomic mass is 16.5. The average molecular weight is 360 g/mol. The molecule has 0 saturated heterocycles. The van der Waals surface area contributed by atoms with Gasteiger partial charge in [0.1, 0.15) is 11.5 Å². The van der Waals surface area contributed by atoms with Crippen LogP contribution in [-0.4, -0.2) is 24.3 Å². The largest absolute Gasteiger partial charge is 0.497 e. The number of hydrogen-bond acceptors (Lipinski definition) is 5. The van der Waals surface area contributed by atoms with Crippen molar-refractivity contribution in [3.05, 3.63) is 66.2 Å². The van der Waals surface area contributed by atoms with Crippen LogP contribution in [-0.2, 0) is 6.61 Å². The smallest absolute Gasteiger partial charge is 0.119 e. The molecule has 5 nitrogen and oxygen atoms in total. The Hall–Kier alpha value is -3.31. The number of fused-ring (bicyclic) bond motifs is 2. The molecular weight excluding hydrogens is 340 g/mol. The Balaban J connectivity index is 1.99. The topological polar surface area (TPSA) is 63.6 Å². The van der Waals surface area contributed by atoms with Gasteiger partial charge in [0.05, 0.1) is 37.5 Å². The first-order valence-corrected chi connectivity index (χ1v) is 8.64. The van der Waals surface area contributed by atoms with E-state index in [2.05, 4.69) is 5.32 Å². The SMILES string of the molecule is COc1ccc2nc3ccc(OC)cc3c(Nc3cccc(CO)c3)c2c1. The highest BCUT2D eigenvalue weighted by molar-refractivity contribution is 6.09. The summed E-state index contributed by atoms with van der Waals surface area (Å²) in [6.07, 6.45) is 0. The monoisotopic (exact) mass is 360 g/mol. The maximum Gasteiger partial charge on any atom is 0.119 e. The molecule has 0 amide bonds. The molecule has 0 aliphatic carbocycles. The van der Waals surface area contributed by atoms with E-state index in [1.54, 1.807) is 14.2 Å². The summed E-state index contributed by atoms with van der Waals surface area (Å²) >= 11 is 0. The van der Waals surface area contributed by atoms with Gasteiger partial charge in [-0.25, -0.2) is 4.98 Å². The summed E-state index contributed by atoms with van der Waals surface area (Å²) in [5, 5.41) is 14.8. The highest BCUT2D eigenvalue weighted by Crippen LogP contribution is 2.36. The first-order chi connectivity index (χ1) is 13.2. The van der Waals surface area contributed by atoms with Crippen LogP contribution >= 0.6 is 0 Å². The molecule has 5 heteroatoms. The zero-order valence-electron chi connectivity index (χ0n) is 15.2. The van der Waals surface area contributed by atoms with E-state index in [1.807, 2.05) is 60.7 Å². The number of nitrogens with zero attached hydrogens (tertiary/aromatic N) is 1.